The van der Waals surface area contributed by atoms with Gasteiger partial charge in [-0.15, -0.1) is 11.3 Å². The fraction of sp³-hybridized carbons (Fsp3) is 0.231. The number of thiophene rings is 1. The quantitative estimate of drug-likeness (QED) is 0.755. The molecule has 0 aliphatic heterocycles. The van der Waals surface area contributed by atoms with E-state index in [2.05, 4.69) is 15.9 Å². The standard InChI is InChI=1S/C13H13BrClNO2S2/c1-2-16(9-10-4-3-5-11(15)8-10)20(17,18)13-7-6-12(14)19-13/h3-8H,2,9H2,1H3. The third-order valence-corrected chi connectivity index (χ3v) is 6.99. The molecule has 0 aliphatic rings. The first-order valence-electron chi connectivity index (χ1n) is 5.93. The Morgan fingerprint density at radius 2 is 2.05 bits per heavy atom. The molecule has 2 aromatic rings. The van der Waals surface area contributed by atoms with Gasteiger partial charge in [-0.2, -0.15) is 4.31 Å². The third-order valence-electron chi connectivity index (χ3n) is 2.74. The van der Waals surface area contributed by atoms with Crippen LogP contribution in [0.5, 0.6) is 0 Å². The van der Waals surface area contributed by atoms with E-state index >= 15 is 0 Å². The smallest absolute Gasteiger partial charge is 0.206 e. The summed E-state index contributed by atoms with van der Waals surface area (Å²) in [6, 6.07) is 10.6. The average molecular weight is 395 g/mol. The van der Waals surface area contributed by atoms with Crippen molar-refractivity contribution >= 4 is 48.9 Å². The molecule has 0 saturated carbocycles. The van der Waals surface area contributed by atoms with Crippen LogP contribution in [0.1, 0.15) is 12.5 Å². The summed E-state index contributed by atoms with van der Waals surface area (Å²) in [5, 5.41) is 0.606. The summed E-state index contributed by atoms with van der Waals surface area (Å²) in [7, 11) is -3.46. The van der Waals surface area contributed by atoms with Crippen molar-refractivity contribution in [2.75, 3.05) is 6.54 Å². The van der Waals surface area contributed by atoms with E-state index in [9.17, 15) is 8.42 Å². The van der Waals surface area contributed by atoms with Gasteiger partial charge in [0, 0.05) is 18.1 Å². The maximum Gasteiger partial charge on any atom is 0.252 e. The highest BCUT2D eigenvalue weighted by molar-refractivity contribution is 9.11. The second-order valence-corrected chi connectivity index (χ2v) is 9.18. The average Bonchev–Trinajstić information content (AvgIpc) is 2.83. The van der Waals surface area contributed by atoms with Crippen LogP contribution in [-0.4, -0.2) is 19.3 Å². The van der Waals surface area contributed by atoms with Crippen LogP contribution >= 0.6 is 38.9 Å². The van der Waals surface area contributed by atoms with Crippen LogP contribution in [0, 0.1) is 0 Å². The second-order valence-electron chi connectivity index (χ2n) is 4.12. The molecule has 0 atom stereocenters. The molecule has 1 heterocycles. The van der Waals surface area contributed by atoms with Crippen LogP contribution in [0.2, 0.25) is 5.02 Å². The van der Waals surface area contributed by atoms with Gasteiger partial charge in [-0.1, -0.05) is 30.7 Å². The zero-order chi connectivity index (χ0) is 14.8. The highest BCUT2D eigenvalue weighted by atomic mass is 79.9. The fourth-order valence-electron chi connectivity index (χ4n) is 1.77. The van der Waals surface area contributed by atoms with Crippen molar-refractivity contribution in [1.29, 1.82) is 0 Å². The Morgan fingerprint density at radius 3 is 2.60 bits per heavy atom. The van der Waals surface area contributed by atoms with E-state index in [-0.39, 0.29) is 0 Å². The van der Waals surface area contributed by atoms with Gasteiger partial charge in [0.25, 0.3) is 10.0 Å². The molecule has 0 unspecified atom stereocenters. The molecule has 0 fully saturated rings. The molecule has 0 amide bonds. The minimum Gasteiger partial charge on any atom is -0.206 e. The zero-order valence-corrected chi connectivity index (χ0v) is 14.7. The van der Waals surface area contributed by atoms with Gasteiger partial charge in [0.05, 0.1) is 3.79 Å². The topological polar surface area (TPSA) is 37.4 Å². The molecule has 0 bridgehead atoms. The Balaban J connectivity index is 2.28. The molecule has 1 aromatic heterocycles. The normalized spacial score (nSPS) is 12.0. The molecule has 2 rings (SSSR count). The first-order chi connectivity index (χ1) is 9.43. The van der Waals surface area contributed by atoms with E-state index in [1.807, 2.05) is 19.1 Å². The Kier molecular flexibility index (Phi) is 5.25. The number of benzene rings is 1. The first-order valence-corrected chi connectivity index (χ1v) is 9.36. The van der Waals surface area contributed by atoms with E-state index in [0.29, 0.717) is 22.3 Å². The molecule has 3 nitrogen and oxygen atoms in total. The monoisotopic (exact) mass is 393 g/mol. The van der Waals surface area contributed by atoms with Gasteiger partial charge >= 0.3 is 0 Å². The predicted molar refractivity (Wildman–Crippen MR) is 86.7 cm³/mol. The molecule has 20 heavy (non-hydrogen) atoms. The molecule has 0 saturated heterocycles. The van der Waals surface area contributed by atoms with Crippen molar-refractivity contribution in [3.05, 3.63) is 50.8 Å². The Morgan fingerprint density at radius 1 is 1.30 bits per heavy atom. The summed E-state index contributed by atoms with van der Waals surface area (Å²) in [6.07, 6.45) is 0. The molecule has 0 aliphatic carbocycles. The zero-order valence-electron chi connectivity index (χ0n) is 10.7. The van der Waals surface area contributed by atoms with Gasteiger partial charge in [-0.3, -0.25) is 0 Å². The number of sulfonamides is 1. The predicted octanol–water partition coefficient (Wildman–Crippen LogP) is 4.37. The number of nitrogens with zero attached hydrogens (tertiary/aromatic N) is 1. The second kappa shape index (κ2) is 6.58. The minimum absolute atomic E-state index is 0.314. The van der Waals surface area contributed by atoms with E-state index < -0.39 is 10.0 Å². The minimum atomic E-state index is -3.46. The largest absolute Gasteiger partial charge is 0.252 e. The highest BCUT2D eigenvalue weighted by Gasteiger charge is 2.24. The van der Waals surface area contributed by atoms with E-state index in [0.717, 1.165) is 9.35 Å². The molecule has 1 aromatic carbocycles. The number of hydrogen-bond acceptors (Lipinski definition) is 3. The summed E-state index contributed by atoms with van der Waals surface area (Å²) in [5.41, 5.74) is 0.874. The van der Waals surface area contributed by atoms with Crippen molar-refractivity contribution < 1.29 is 8.42 Å². The molecular formula is C13H13BrClNO2S2. The van der Waals surface area contributed by atoms with Gasteiger partial charge in [0.15, 0.2) is 0 Å². The van der Waals surface area contributed by atoms with Gasteiger partial charge < -0.3 is 0 Å². The molecular weight excluding hydrogens is 382 g/mol. The van der Waals surface area contributed by atoms with E-state index in [1.165, 1.54) is 15.6 Å². The number of hydrogen-bond donors (Lipinski definition) is 0. The lowest BCUT2D eigenvalue weighted by molar-refractivity contribution is 0.425. The Labute approximate surface area is 136 Å². The summed E-state index contributed by atoms with van der Waals surface area (Å²) < 4.78 is 27.7. The van der Waals surface area contributed by atoms with Crippen molar-refractivity contribution in [2.24, 2.45) is 0 Å². The van der Waals surface area contributed by atoms with Crippen LogP contribution in [0.25, 0.3) is 0 Å². The lowest BCUT2D eigenvalue weighted by Crippen LogP contribution is -2.29. The maximum atomic E-state index is 12.5. The molecule has 0 radical (unpaired) electrons. The summed E-state index contributed by atoms with van der Waals surface area (Å²) in [4.78, 5) is 0. The van der Waals surface area contributed by atoms with Gasteiger partial charge in [-0.05, 0) is 45.8 Å². The number of halogens is 2. The summed E-state index contributed by atoms with van der Waals surface area (Å²) in [5.74, 6) is 0. The van der Waals surface area contributed by atoms with Crippen molar-refractivity contribution in [1.82, 2.24) is 4.31 Å². The first kappa shape index (κ1) is 16.0. The van der Waals surface area contributed by atoms with E-state index in [4.69, 9.17) is 11.6 Å². The molecule has 0 spiro atoms. The highest BCUT2D eigenvalue weighted by Crippen LogP contribution is 2.29. The van der Waals surface area contributed by atoms with Gasteiger partial charge in [0.2, 0.25) is 0 Å². The fourth-order valence-corrected chi connectivity index (χ4v) is 5.58. The lowest BCUT2D eigenvalue weighted by atomic mass is 10.2. The van der Waals surface area contributed by atoms with Crippen molar-refractivity contribution in [3.63, 3.8) is 0 Å². The van der Waals surface area contributed by atoms with Crippen molar-refractivity contribution in [3.8, 4) is 0 Å². The van der Waals surface area contributed by atoms with Crippen LogP contribution in [-0.2, 0) is 16.6 Å². The SMILES string of the molecule is CCN(Cc1cccc(Cl)c1)S(=O)(=O)c1ccc(Br)s1. The molecule has 7 heteroatoms. The van der Waals surface area contributed by atoms with Crippen LogP contribution in [0.15, 0.2) is 44.4 Å². The summed E-state index contributed by atoms with van der Waals surface area (Å²) >= 11 is 10.4. The third kappa shape index (κ3) is 3.62. The Hall–Kier alpha value is -0.400. The van der Waals surface area contributed by atoms with Crippen molar-refractivity contribution in [2.45, 2.75) is 17.7 Å². The van der Waals surface area contributed by atoms with Gasteiger partial charge in [0.1, 0.15) is 4.21 Å². The van der Waals surface area contributed by atoms with Gasteiger partial charge in [-0.25, -0.2) is 8.42 Å². The molecule has 108 valence electrons. The molecule has 0 N–H and O–H groups in total. The van der Waals surface area contributed by atoms with Crippen LogP contribution < -0.4 is 0 Å². The Bertz CT molecular complexity index is 700. The maximum absolute atomic E-state index is 12.5. The number of rotatable bonds is 5. The van der Waals surface area contributed by atoms with Crippen LogP contribution in [0.4, 0.5) is 0 Å². The van der Waals surface area contributed by atoms with Crippen LogP contribution in [0.3, 0.4) is 0 Å². The summed E-state index contributed by atoms with van der Waals surface area (Å²) in [6.45, 7) is 2.55. The van der Waals surface area contributed by atoms with E-state index in [1.54, 1.807) is 24.3 Å². The lowest BCUT2D eigenvalue weighted by Gasteiger charge is -2.19.